The zero-order valence-electron chi connectivity index (χ0n) is 18.5. The first-order chi connectivity index (χ1) is 16.0. The third-order valence-corrected chi connectivity index (χ3v) is 4.74. The molecule has 0 radical (unpaired) electrons. The van der Waals surface area contributed by atoms with E-state index in [4.69, 9.17) is 21.7 Å². The number of nitrogens with one attached hydrogen (secondary N) is 3. The van der Waals surface area contributed by atoms with Crippen LogP contribution in [0.5, 0.6) is 5.75 Å². The van der Waals surface area contributed by atoms with Crippen molar-refractivity contribution in [1.29, 1.82) is 0 Å². The van der Waals surface area contributed by atoms with Crippen LogP contribution in [0.3, 0.4) is 0 Å². The third kappa shape index (κ3) is 10.7. The van der Waals surface area contributed by atoms with E-state index in [1.807, 2.05) is 0 Å². The average Bonchev–Trinajstić information content (AvgIpc) is 2.77. The summed E-state index contributed by atoms with van der Waals surface area (Å²) in [5, 5.41) is 34.2. The zero-order chi connectivity index (χ0) is 25.7. The summed E-state index contributed by atoms with van der Waals surface area (Å²) in [7, 11) is 0. The second-order valence-electron chi connectivity index (χ2n) is 7.59. The number of rotatable bonds is 15. The van der Waals surface area contributed by atoms with E-state index in [1.54, 1.807) is 0 Å². The molecule has 0 spiro atoms. The van der Waals surface area contributed by atoms with Crippen molar-refractivity contribution in [3.63, 3.8) is 0 Å². The number of carbonyl (C=O) groups is 5. The van der Waals surface area contributed by atoms with Gasteiger partial charge in [-0.25, -0.2) is 0 Å². The fourth-order valence-corrected chi connectivity index (χ4v) is 2.94. The number of carbonyl (C=O) groups excluding carboxylic acids is 3. The van der Waals surface area contributed by atoms with Crippen LogP contribution >= 0.6 is 0 Å². The van der Waals surface area contributed by atoms with Gasteiger partial charge < -0.3 is 42.7 Å². The lowest BCUT2D eigenvalue weighted by atomic mass is 10.0. The van der Waals surface area contributed by atoms with Gasteiger partial charge >= 0.3 is 11.9 Å². The summed E-state index contributed by atoms with van der Waals surface area (Å²) in [4.78, 5) is 59.7. The number of phenolic OH excluding ortho intramolecular Hbond substituents is 1. The number of unbranched alkanes of at least 4 members (excludes halogenated alkanes) is 1. The Labute approximate surface area is 195 Å². The minimum absolute atomic E-state index is 0.0216. The largest absolute Gasteiger partial charge is 0.508 e. The SMILES string of the molecule is NCCCCC(N)C(=O)NC(CC(=O)O)C(=O)NC(Cc1ccc(O)cc1)C(=O)NCC(=O)O. The zero-order valence-corrected chi connectivity index (χ0v) is 18.5. The molecule has 3 atom stereocenters. The molecule has 1 rings (SSSR count). The van der Waals surface area contributed by atoms with Gasteiger partial charge in [0.15, 0.2) is 0 Å². The van der Waals surface area contributed by atoms with Gasteiger partial charge in [-0.15, -0.1) is 0 Å². The van der Waals surface area contributed by atoms with Gasteiger partial charge in [0.2, 0.25) is 17.7 Å². The summed E-state index contributed by atoms with van der Waals surface area (Å²) in [5.41, 5.74) is 11.7. The van der Waals surface area contributed by atoms with Gasteiger partial charge in [0, 0.05) is 6.42 Å². The summed E-state index contributed by atoms with van der Waals surface area (Å²) in [6.07, 6.45) is 0.634. The number of phenols is 1. The highest BCUT2D eigenvalue weighted by atomic mass is 16.4. The number of amides is 3. The number of hydrogen-bond donors (Lipinski definition) is 8. The summed E-state index contributed by atoms with van der Waals surface area (Å²) < 4.78 is 0. The number of carboxylic acid groups (broad SMARTS) is 2. The lowest BCUT2D eigenvalue weighted by molar-refractivity contribution is -0.141. The number of aromatic hydroxyl groups is 1. The summed E-state index contributed by atoms with van der Waals surface area (Å²) in [6, 6.07) is 1.92. The number of hydrogen-bond acceptors (Lipinski definition) is 8. The highest BCUT2D eigenvalue weighted by Crippen LogP contribution is 2.12. The summed E-state index contributed by atoms with van der Waals surface area (Å²) >= 11 is 0. The quantitative estimate of drug-likeness (QED) is 0.129. The molecule has 10 N–H and O–H groups in total. The van der Waals surface area contributed by atoms with Gasteiger partial charge in [0.1, 0.15) is 24.4 Å². The highest BCUT2D eigenvalue weighted by molar-refractivity contribution is 5.95. The van der Waals surface area contributed by atoms with Crippen LogP contribution in [-0.2, 0) is 30.4 Å². The molecule has 0 saturated carbocycles. The van der Waals surface area contributed by atoms with Crippen LogP contribution in [0, 0.1) is 0 Å². The Morgan fingerprint density at radius 3 is 2.03 bits per heavy atom. The van der Waals surface area contributed by atoms with Crippen LogP contribution in [-0.4, -0.2) is 76.2 Å². The molecule has 34 heavy (non-hydrogen) atoms. The molecule has 13 nitrogen and oxygen atoms in total. The molecule has 0 heterocycles. The van der Waals surface area contributed by atoms with Crippen molar-refractivity contribution in [3.8, 4) is 5.75 Å². The third-order valence-electron chi connectivity index (χ3n) is 4.74. The van der Waals surface area contributed by atoms with E-state index in [0.717, 1.165) is 0 Å². The minimum atomic E-state index is -1.53. The molecule has 0 aromatic heterocycles. The van der Waals surface area contributed by atoms with Crippen LogP contribution < -0.4 is 27.4 Å². The van der Waals surface area contributed by atoms with Gasteiger partial charge in [0.05, 0.1) is 12.5 Å². The van der Waals surface area contributed by atoms with E-state index in [1.165, 1.54) is 24.3 Å². The second kappa shape index (κ2) is 14.4. The molecule has 3 unspecified atom stereocenters. The Morgan fingerprint density at radius 2 is 1.47 bits per heavy atom. The Bertz CT molecular complexity index is 861. The van der Waals surface area contributed by atoms with E-state index in [0.29, 0.717) is 24.9 Å². The Balaban J connectivity index is 2.97. The Hall–Kier alpha value is -3.71. The molecule has 0 fully saturated rings. The molecular formula is C21H31N5O8. The maximum absolute atomic E-state index is 12.8. The summed E-state index contributed by atoms with van der Waals surface area (Å²) in [5.74, 6) is -5.22. The van der Waals surface area contributed by atoms with Crippen LogP contribution in [0.2, 0.25) is 0 Å². The smallest absolute Gasteiger partial charge is 0.322 e. The first kappa shape index (κ1) is 28.3. The molecular weight excluding hydrogens is 450 g/mol. The van der Waals surface area contributed by atoms with Crippen molar-refractivity contribution >= 4 is 29.7 Å². The highest BCUT2D eigenvalue weighted by Gasteiger charge is 2.30. The molecule has 13 heteroatoms. The number of aliphatic carboxylic acids is 2. The van der Waals surface area contributed by atoms with Crippen molar-refractivity contribution in [2.45, 2.75) is 50.2 Å². The van der Waals surface area contributed by atoms with E-state index in [2.05, 4.69) is 16.0 Å². The normalized spacial score (nSPS) is 13.2. The lowest BCUT2D eigenvalue weighted by Gasteiger charge is -2.23. The standard InChI is InChI=1S/C21H31N5O8/c22-8-2-1-3-14(23)19(32)25-16(10-17(28)29)21(34)26-15(20(33)24-11-18(30)31)9-12-4-6-13(27)7-5-12/h4-7,14-16,27H,1-3,8-11,22-23H2,(H,24,33)(H,25,32)(H,26,34)(H,28,29)(H,30,31). The number of carboxylic acids is 2. The van der Waals surface area contributed by atoms with Crippen LogP contribution in [0.25, 0.3) is 0 Å². The van der Waals surface area contributed by atoms with Crippen molar-refractivity contribution in [2.75, 3.05) is 13.1 Å². The average molecular weight is 482 g/mol. The van der Waals surface area contributed by atoms with Crippen LogP contribution in [0.4, 0.5) is 0 Å². The van der Waals surface area contributed by atoms with Gasteiger partial charge in [-0.1, -0.05) is 18.6 Å². The molecule has 0 aliphatic heterocycles. The lowest BCUT2D eigenvalue weighted by Crippen LogP contribution is -2.57. The second-order valence-corrected chi connectivity index (χ2v) is 7.59. The van der Waals surface area contributed by atoms with Crippen LogP contribution in [0.1, 0.15) is 31.2 Å². The van der Waals surface area contributed by atoms with Gasteiger partial charge in [-0.3, -0.25) is 24.0 Å². The molecule has 0 bridgehead atoms. The van der Waals surface area contributed by atoms with E-state index in [-0.39, 0.29) is 18.6 Å². The monoisotopic (exact) mass is 481 g/mol. The first-order valence-corrected chi connectivity index (χ1v) is 10.6. The maximum Gasteiger partial charge on any atom is 0.322 e. The maximum atomic E-state index is 12.8. The van der Waals surface area contributed by atoms with E-state index < -0.39 is 60.8 Å². The van der Waals surface area contributed by atoms with Gasteiger partial charge in [0.25, 0.3) is 0 Å². The predicted molar refractivity (Wildman–Crippen MR) is 119 cm³/mol. The predicted octanol–water partition coefficient (Wildman–Crippen LogP) is -1.96. The molecule has 0 saturated heterocycles. The molecule has 1 aromatic rings. The van der Waals surface area contributed by atoms with E-state index in [9.17, 15) is 29.1 Å². The number of benzene rings is 1. The number of nitrogens with two attached hydrogens (primary N) is 2. The molecule has 188 valence electrons. The van der Waals surface area contributed by atoms with Gasteiger partial charge in [-0.05, 0) is 37.1 Å². The minimum Gasteiger partial charge on any atom is -0.508 e. The molecule has 0 aliphatic rings. The Kier molecular flexibility index (Phi) is 12.0. The fraction of sp³-hybridized carbons (Fsp3) is 0.476. The molecule has 3 amide bonds. The topological polar surface area (TPSA) is 234 Å². The first-order valence-electron chi connectivity index (χ1n) is 10.6. The van der Waals surface area contributed by atoms with Crippen molar-refractivity contribution in [3.05, 3.63) is 29.8 Å². The van der Waals surface area contributed by atoms with E-state index >= 15 is 0 Å². The Morgan fingerprint density at radius 1 is 0.853 bits per heavy atom. The fourth-order valence-electron chi connectivity index (χ4n) is 2.94. The van der Waals surface area contributed by atoms with Crippen molar-refractivity contribution < 1.29 is 39.3 Å². The molecule has 0 aliphatic carbocycles. The van der Waals surface area contributed by atoms with Crippen LogP contribution in [0.15, 0.2) is 24.3 Å². The molecule has 1 aromatic carbocycles. The van der Waals surface area contributed by atoms with Gasteiger partial charge in [-0.2, -0.15) is 0 Å². The summed E-state index contributed by atoms with van der Waals surface area (Å²) in [6.45, 7) is -0.279. The van der Waals surface area contributed by atoms with Crippen molar-refractivity contribution in [1.82, 2.24) is 16.0 Å². The van der Waals surface area contributed by atoms with Crippen molar-refractivity contribution in [2.24, 2.45) is 11.5 Å².